The molecule has 1 fully saturated rings. The van der Waals surface area contributed by atoms with Crippen LogP contribution < -0.4 is 9.64 Å². The van der Waals surface area contributed by atoms with E-state index in [-0.39, 0.29) is 4.53 Å². The van der Waals surface area contributed by atoms with E-state index in [0.29, 0.717) is 33.1 Å². The number of carbonyl (C=O) groups excluding carboxylic acids is 1. The molecule has 7 nitrogen and oxygen atoms in total. The van der Waals surface area contributed by atoms with Gasteiger partial charge in [-0.15, -0.1) is 0 Å². The van der Waals surface area contributed by atoms with Gasteiger partial charge in [0.2, 0.25) is 9.84 Å². The van der Waals surface area contributed by atoms with E-state index in [1.54, 1.807) is 24.3 Å². The average molecular weight is 598 g/mol. The van der Waals surface area contributed by atoms with Crippen LogP contribution in [0.25, 0.3) is 0 Å². The van der Waals surface area contributed by atoms with Gasteiger partial charge in [0.15, 0.2) is 9.84 Å². The van der Waals surface area contributed by atoms with Gasteiger partial charge in [-0.1, -0.05) is 45.8 Å². The number of carbonyl (C=O) groups is 1. The molecule has 2 aliphatic heterocycles. The van der Waals surface area contributed by atoms with Crippen molar-refractivity contribution < 1.29 is 26.4 Å². The highest BCUT2D eigenvalue weighted by Gasteiger charge is 2.82. The highest BCUT2D eigenvalue weighted by Crippen LogP contribution is 2.60. The summed E-state index contributed by atoms with van der Waals surface area (Å²) in [5.41, 5.74) is 0.458. The summed E-state index contributed by atoms with van der Waals surface area (Å²) in [5, 5.41) is 0. The lowest BCUT2D eigenvalue weighted by Gasteiger charge is -2.50. The van der Waals surface area contributed by atoms with Crippen molar-refractivity contribution in [2.24, 2.45) is 0 Å². The summed E-state index contributed by atoms with van der Waals surface area (Å²) in [6.07, 6.45) is 0. The van der Waals surface area contributed by atoms with Crippen LogP contribution in [-0.4, -0.2) is 53.8 Å². The van der Waals surface area contributed by atoms with E-state index < -0.39 is 49.5 Å². The number of benzene rings is 1. The predicted molar refractivity (Wildman–Crippen MR) is 134 cm³/mol. The molecule has 1 aromatic rings. The number of halogens is 1. The van der Waals surface area contributed by atoms with Crippen molar-refractivity contribution in [2.45, 2.75) is 55.9 Å². The maximum Gasteiger partial charge on any atom is 0.279 e. The summed E-state index contributed by atoms with van der Waals surface area (Å²) < 4.78 is 58.1. The van der Waals surface area contributed by atoms with Gasteiger partial charge in [-0.25, -0.2) is 16.8 Å². The van der Waals surface area contributed by atoms with E-state index in [2.05, 4.69) is 0 Å². The van der Waals surface area contributed by atoms with Crippen LogP contribution in [0.3, 0.4) is 0 Å². The molecule has 3 rings (SSSR count). The van der Waals surface area contributed by atoms with Gasteiger partial charge in [0.1, 0.15) is 19.9 Å². The Morgan fingerprint density at radius 3 is 2.03 bits per heavy atom. The second kappa shape index (κ2) is 8.14. The van der Waals surface area contributed by atoms with Crippen molar-refractivity contribution in [3.05, 3.63) is 32.4 Å². The molecule has 0 saturated carbocycles. The van der Waals surface area contributed by atoms with Crippen LogP contribution >= 0.6 is 22.6 Å². The molecule has 2 heterocycles. The van der Waals surface area contributed by atoms with Crippen molar-refractivity contribution in [3.63, 3.8) is 0 Å². The molecular formula is C20H28INO6S2Si. The van der Waals surface area contributed by atoms with Crippen LogP contribution in [0.2, 0.25) is 18.1 Å². The molecule has 2 atom stereocenters. The Bertz CT molecular complexity index is 1130. The van der Waals surface area contributed by atoms with E-state index in [1.165, 1.54) is 18.9 Å². The highest BCUT2D eigenvalue weighted by molar-refractivity contribution is 14.1. The number of β-lactam (4-membered cyclic amide) rings is 1. The molecule has 1 aromatic carbocycles. The maximum absolute atomic E-state index is 14.0. The fourth-order valence-electron chi connectivity index (χ4n) is 4.92. The number of nitrogens with zero attached hydrogens (tertiary/aromatic N) is 1. The van der Waals surface area contributed by atoms with E-state index in [0.717, 1.165) is 0 Å². The zero-order valence-corrected chi connectivity index (χ0v) is 23.1. The van der Waals surface area contributed by atoms with E-state index in [1.807, 2.05) is 43.4 Å². The number of sulfone groups is 2. The molecule has 0 N–H and O–H groups in total. The number of fused-ring (bicyclic) bond motifs is 1. The van der Waals surface area contributed by atoms with Crippen LogP contribution in [0.4, 0.5) is 5.69 Å². The summed E-state index contributed by atoms with van der Waals surface area (Å²) in [7, 11) is -9.62. The van der Waals surface area contributed by atoms with Crippen LogP contribution in [0.15, 0.2) is 32.4 Å². The maximum atomic E-state index is 14.0. The predicted octanol–water partition coefficient (Wildman–Crippen LogP) is 3.66. The Balaban J connectivity index is 2.34. The lowest BCUT2D eigenvalue weighted by molar-refractivity contribution is -0.124. The molecule has 1 saturated heterocycles. The van der Waals surface area contributed by atoms with Crippen molar-refractivity contribution in [1.82, 2.24) is 0 Å². The first-order valence-electron chi connectivity index (χ1n) is 10.3. The third-order valence-corrected chi connectivity index (χ3v) is 21.8. The zero-order chi connectivity index (χ0) is 23.4. The Morgan fingerprint density at radius 2 is 1.61 bits per heavy atom. The fourth-order valence-corrected chi connectivity index (χ4v) is 20.9. The number of methoxy groups -OCH3 is 1. The first kappa shape index (κ1) is 24.7. The summed E-state index contributed by atoms with van der Waals surface area (Å²) in [5.74, 6) is -0.704. The van der Waals surface area contributed by atoms with Crippen LogP contribution in [-0.2, 0) is 24.5 Å². The van der Waals surface area contributed by atoms with E-state index in [4.69, 9.17) is 4.74 Å². The molecule has 1 amide bonds. The normalized spacial score (nSPS) is 25.4. The average Bonchev–Trinajstić information content (AvgIpc) is 2.91. The van der Waals surface area contributed by atoms with Gasteiger partial charge < -0.3 is 4.74 Å². The molecule has 0 radical (unpaired) electrons. The molecule has 172 valence electrons. The molecule has 0 aromatic heterocycles. The van der Waals surface area contributed by atoms with Gasteiger partial charge >= 0.3 is 0 Å². The highest BCUT2D eigenvalue weighted by atomic mass is 127. The van der Waals surface area contributed by atoms with Crippen LogP contribution in [0, 0.1) is 0 Å². The zero-order valence-electron chi connectivity index (χ0n) is 18.3. The van der Waals surface area contributed by atoms with Gasteiger partial charge in [0.05, 0.1) is 7.11 Å². The number of ether oxygens (including phenoxy) is 1. The standard InChI is InChI=1S/C20H28INO6S2Si/c1-6-29(24,25)20-17(22(19(20)23)14-10-12-15(28-5)13-11-14)16(21)18(30(20,26)27)31(7-2,8-3)9-4/h10-13,17H,6-9H2,1-5H3/t17-,20+/m1/s1. The molecule has 2 aliphatic rings. The van der Waals surface area contributed by atoms with Crippen molar-refractivity contribution in [3.8, 4) is 5.75 Å². The fraction of sp³-hybridized carbons (Fsp3) is 0.550. The smallest absolute Gasteiger partial charge is 0.279 e. The van der Waals surface area contributed by atoms with Crippen LogP contribution in [0.5, 0.6) is 5.75 Å². The first-order chi connectivity index (χ1) is 14.5. The second-order valence-electron chi connectivity index (χ2n) is 7.87. The number of anilines is 1. The van der Waals surface area contributed by atoms with Gasteiger partial charge in [-0.3, -0.25) is 9.69 Å². The van der Waals surface area contributed by atoms with Crippen molar-refractivity contribution in [1.29, 1.82) is 0 Å². The monoisotopic (exact) mass is 597 g/mol. The Kier molecular flexibility index (Phi) is 6.49. The molecule has 0 bridgehead atoms. The summed E-state index contributed by atoms with van der Waals surface area (Å²) in [6.45, 7) is 7.30. The third kappa shape index (κ3) is 2.95. The van der Waals surface area contributed by atoms with Gasteiger partial charge in [-0.05, 0) is 46.9 Å². The molecule has 31 heavy (non-hydrogen) atoms. The Hall–Kier alpha value is -0.923. The summed E-state index contributed by atoms with van der Waals surface area (Å²) >= 11 is 1.99. The number of hydrogen-bond acceptors (Lipinski definition) is 6. The topological polar surface area (TPSA) is 97.8 Å². The van der Waals surface area contributed by atoms with E-state index in [9.17, 15) is 21.6 Å². The molecule has 0 spiro atoms. The lowest BCUT2D eigenvalue weighted by Crippen LogP contribution is -2.78. The largest absolute Gasteiger partial charge is 0.497 e. The minimum Gasteiger partial charge on any atom is -0.497 e. The van der Waals surface area contributed by atoms with Crippen LogP contribution in [0.1, 0.15) is 27.7 Å². The minimum absolute atomic E-state index is 0.263. The van der Waals surface area contributed by atoms with Crippen molar-refractivity contribution in [2.75, 3.05) is 17.8 Å². The molecule has 11 heteroatoms. The number of amides is 1. The Morgan fingerprint density at radius 1 is 1.10 bits per heavy atom. The summed E-state index contributed by atoms with van der Waals surface area (Å²) in [4.78, 5) is 14.9. The second-order valence-corrected chi connectivity index (χ2v) is 19.3. The van der Waals surface area contributed by atoms with Gasteiger partial charge in [0, 0.05) is 19.5 Å². The SMILES string of the molecule is CC[Si](CC)(CC)C1=C(I)[C@H]2N(c3ccc(OC)cc3)C(=O)[C@@]2(S(=O)(=O)CC)S1(=O)=O. The Labute approximate surface area is 199 Å². The number of rotatable bonds is 8. The quantitative estimate of drug-likeness (QED) is 0.258. The third-order valence-electron chi connectivity index (χ3n) is 6.96. The lowest BCUT2D eigenvalue weighted by atomic mass is 9.99. The first-order valence-corrected chi connectivity index (χ1v) is 17.2. The van der Waals surface area contributed by atoms with E-state index >= 15 is 0 Å². The minimum atomic E-state index is -4.38. The molecule has 0 aliphatic carbocycles. The molecule has 0 unspecified atom stereocenters. The van der Waals surface area contributed by atoms with Gasteiger partial charge in [0.25, 0.3) is 9.99 Å². The summed E-state index contributed by atoms with van der Waals surface area (Å²) in [6, 6.07) is 7.61. The van der Waals surface area contributed by atoms with Gasteiger partial charge in [-0.2, -0.15) is 0 Å². The van der Waals surface area contributed by atoms with Crippen molar-refractivity contribution >= 4 is 61.9 Å². The number of hydrogen-bond donors (Lipinski definition) is 0. The molecular weight excluding hydrogens is 569 g/mol.